The summed E-state index contributed by atoms with van der Waals surface area (Å²) in [7, 11) is 0. The number of carbonyl (C=O) groups excluding carboxylic acids is 1. The minimum atomic E-state index is -5.08. The van der Waals surface area contributed by atoms with Gasteiger partial charge in [-0.15, -0.1) is 0 Å². The first-order valence-electron chi connectivity index (χ1n) is 9.84. The topological polar surface area (TPSA) is 134 Å². The lowest BCUT2D eigenvalue weighted by Gasteiger charge is -2.36. The third-order valence-corrected chi connectivity index (χ3v) is 5.25. The molecule has 0 aliphatic carbocycles. The monoisotopic (exact) mass is 472 g/mol. The van der Waals surface area contributed by atoms with Gasteiger partial charge in [-0.25, -0.2) is 14.2 Å². The molecule has 4 N–H and O–H groups in total. The number of benzene rings is 1. The fourth-order valence-corrected chi connectivity index (χ4v) is 3.70. The van der Waals surface area contributed by atoms with Gasteiger partial charge in [-0.3, -0.25) is 14.2 Å². The standard InChI is InChI=1S/C18H19FN4O3.C2HF3O2/c19-13-3-1-10(2-4-13)7-21-17(25)14-15(24)18(26)23-9-11-5-12(8-20-6-11)16(23)22-14;3-2(4,5)1(6)7/h1-4,11-12,20,24H,5-9H2,(H,21,25);(H,6,7). The maximum atomic E-state index is 12.9. The summed E-state index contributed by atoms with van der Waals surface area (Å²) >= 11 is 0. The number of amides is 1. The molecule has 0 saturated carbocycles. The number of carbonyl (C=O) groups is 2. The first kappa shape index (κ1) is 24.2. The minimum absolute atomic E-state index is 0.0550. The molecular formula is C20H20F4N4O5. The molecular weight excluding hydrogens is 452 g/mol. The Kier molecular flexibility index (Phi) is 7.01. The molecule has 178 valence electrons. The van der Waals surface area contributed by atoms with Gasteiger partial charge in [-0.2, -0.15) is 13.2 Å². The average molecular weight is 472 g/mol. The fourth-order valence-electron chi connectivity index (χ4n) is 3.70. The number of carboxylic acids is 1. The number of hydrogen-bond acceptors (Lipinski definition) is 6. The first-order valence-corrected chi connectivity index (χ1v) is 9.84. The quantitative estimate of drug-likeness (QED) is 0.496. The lowest BCUT2D eigenvalue weighted by molar-refractivity contribution is -0.192. The van der Waals surface area contributed by atoms with Crippen LogP contribution in [0.25, 0.3) is 0 Å². The van der Waals surface area contributed by atoms with Crippen LogP contribution < -0.4 is 16.2 Å². The average Bonchev–Trinajstić information content (AvgIpc) is 2.76. The van der Waals surface area contributed by atoms with E-state index < -0.39 is 29.4 Å². The number of carboxylic acid groups (broad SMARTS) is 1. The Balaban J connectivity index is 0.000000383. The molecule has 3 heterocycles. The molecule has 4 rings (SSSR count). The first-order chi connectivity index (χ1) is 15.5. The van der Waals surface area contributed by atoms with Crippen LogP contribution in [-0.4, -0.2) is 50.9 Å². The molecule has 1 saturated heterocycles. The summed E-state index contributed by atoms with van der Waals surface area (Å²) in [6.07, 6.45) is -4.17. The highest BCUT2D eigenvalue weighted by molar-refractivity contribution is 5.94. The van der Waals surface area contributed by atoms with Crippen LogP contribution in [0, 0.1) is 11.7 Å². The third-order valence-electron chi connectivity index (χ3n) is 5.25. The van der Waals surface area contributed by atoms with E-state index in [1.165, 1.54) is 16.7 Å². The number of fused-ring (bicyclic) bond motifs is 4. The van der Waals surface area contributed by atoms with E-state index in [4.69, 9.17) is 9.90 Å². The van der Waals surface area contributed by atoms with Crippen LogP contribution in [0.3, 0.4) is 0 Å². The van der Waals surface area contributed by atoms with Crippen molar-refractivity contribution in [2.45, 2.75) is 31.6 Å². The number of rotatable bonds is 3. The van der Waals surface area contributed by atoms with Crippen LogP contribution in [0.1, 0.15) is 34.2 Å². The molecule has 2 unspecified atom stereocenters. The molecule has 2 aromatic rings. The van der Waals surface area contributed by atoms with E-state index in [0.29, 0.717) is 30.4 Å². The second-order valence-electron chi connectivity index (χ2n) is 7.65. The number of nitrogens with one attached hydrogen (secondary N) is 2. The second kappa shape index (κ2) is 9.57. The van der Waals surface area contributed by atoms with Crippen LogP contribution in [0.5, 0.6) is 5.75 Å². The van der Waals surface area contributed by atoms with E-state index in [9.17, 15) is 32.3 Å². The number of nitrogens with zero attached hydrogens (tertiary/aromatic N) is 2. The van der Waals surface area contributed by atoms with Crippen molar-refractivity contribution in [3.8, 4) is 5.75 Å². The smallest absolute Gasteiger partial charge is 0.490 e. The summed E-state index contributed by atoms with van der Waals surface area (Å²) in [6, 6.07) is 5.71. The number of piperidine rings is 1. The molecule has 0 spiro atoms. The lowest BCUT2D eigenvalue weighted by atomic mass is 9.86. The molecule has 1 aromatic heterocycles. The number of aromatic hydroxyl groups is 1. The SMILES string of the molecule is O=C(NCc1ccc(F)cc1)c1nc2n(c(=O)c1O)CC1CNCC2C1.O=C(O)C(F)(F)F. The number of hydrogen-bond donors (Lipinski definition) is 4. The van der Waals surface area contributed by atoms with Crippen LogP contribution in [0.2, 0.25) is 0 Å². The van der Waals surface area contributed by atoms with Crippen molar-refractivity contribution in [1.82, 2.24) is 20.2 Å². The third kappa shape index (κ3) is 5.66. The maximum absolute atomic E-state index is 12.9. The Morgan fingerprint density at radius 1 is 1.21 bits per heavy atom. The van der Waals surface area contributed by atoms with Crippen molar-refractivity contribution in [1.29, 1.82) is 0 Å². The summed E-state index contributed by atoms with van der Waals surface area (Å²) < 4.78 is 46.2. The van der Waals surface area contributed by atoms with Crippen LogP contribution in [-0.2, 0) is 17.9 Å². The van der Waals surface area contributed by atoms with E-state index in [0.717, 1.165) is 13.0 Å². The molecule has 1 amide bonds. The van der Waals surface area contributed by atoms with Gasteiger partial charge in [0, 0.05) is 25.6 Å². The van der Waals surface area contributed by atoms with Gasteiger partial charge in [0.05, 0.1) is 0 Å². The Labute approximate surface area is 184 Å². The van der Waals surface area contributed by atoms with Crippen molar-refractivity contribution < 1.29 is 37.4 Å². The zero-order valence-electron chi connectivity index (χ0n) is 17.0. The van der Waals surface area contributed by atoms with Crippen LogP contribution in [0.15, 0.2) is 29.1 Å². The number of halogens is 4. The Bertz CT molecular complexity index is 1100. The summed E-state index contributed by atoms with van der Waals surface area (Å²) in [5.74, 6) is -3.44. The lowest BCUT2D eigenvalue weighted by Crippen LogP contribution is -2.46. The minimum Gasteiger partial charge on any atom is -0.501 e. The van der Waals surface area contributed by atoms with Crippen molar-refractivity contribution in [3.63, 3.8) is 0 Å². The van der Waals surface area contributed by atoms with E-state index in [1.807, 2.05) is 0 Å². The van der Waals surface area contributed by atoms with Gasteiger partial charge < -0.3 is 20.8 Å². The van der Waals surface area contributed by atoms with E-state index in [2.05, 4.69) is 15.6 Å². The van der Waals surface area contributed by atoms with Gasteiger partial charge >= 0.3 is 12.1 Å². The molecule has 2 bridgehead atoms. The largest absolute Gasteiger partial charge is 0.501 e. The van der Waals surface area contributed by atoms with Gasteiger partial charge in [-0.1, -0.05) is 12.1 Å². The fraction of sp³-hybridized carbons (Fsp3) is 0.400. The highest BCUT2D eigenvalue weighted by Crippen LogP contribution is 2.31. The Morgan fingerprint density at radius 2 is 1.85 bits per heavy atom. The van der Waals surface area contributed by atoms with Gasteiger partial charge in [0.15, 0.2) is 5.69 Å². The van der Waals surface area contributed by atoms with E-state index in [1.54, 1.807) is 12.1 Å². The molecule has 2 aliphatic rings. The molecule has 2 atom stereocenters. The molecule has 0 radical (unpaired) electrons. The molecule has 13 heteroatoms. The second-order valence-corrected chi connectivity index (χ2v) is 7.65. The maximum Gasteiger partial charge on any atom is 0.490 e. The summed E-state index contributed by atoms with van der Waals surface area (Å²) in [6.45, 7) is 2.18. The van der Waals surface area contributed by atoms with Crippen LogP contribution in [0.4, 0.5) is 17.6 Å². The van der Waals surface area contributed by atoms with Crippen molar-refractivity contribution >= 4 is 11.9 Å². The molecule has 9 nitrogen and oxygen atoms in total. The van der Waals surface area contributed by atoms with E-state index >= 15 is 0 Å². The molecule has 1 aromatic carbocycles. The predicted molar refractivity (Wildman–Crippen MR) is 105 cm³/mol. The summed E-state index contributed by atoms with van der Waals surface area (Å²) in [5, 5.41) is 23.3. The van der Waals surface area contributed by atoms with Crippen molar-refractivity contribution in [2.75, 3.05) is 13.1 Å². The molecule has 33 heavy (non-hydrogen) atoms. The van der Waals surface area contributed by atoms with Crippen LogP contribution >= 0.6 is 0 Å². The highest BCUT2D eigenvalue weighted by Gasteiger charge is 2.38. The zero-order valence-corrected chi connectivity index (χ0v) is 17.0. The summed E-state index contributed by atoms with van der Waals surface area (Å²) in [5.41, 5.74) is -0.126. The molecule has 2 aliphatic heterocycles. The van der Waals surface area contributed by atoms with Gasteiger partial charge in [0.25, 0.3) is 11.5 Å². The Morgan fingerprint density at radius 3 is 2.45 bits per heavy atom. The molecule has 1 fully saturated rings. The van der Waals surface area contributed by atoms with Gasteiger partial charge in [-0.05, 0) is 36.6 Å². The van der Waals surface area contributed by atoms with Gasteiger partial charge in [0.1, 0.15) is 11.6 Å². The highest BCUT2D eigenvalue weighted by atomic mass is 19.4. The van der Waals surface area contributed by atoms with Crippen molar-refractivity contribution in [3.05, 3.63) is 57.5 Å². The predicted octanol–water partition coefficient (Wildman–Crippen LogP) is 1.36. The Hall–Kier alpha value is -3.48. The summed E-state index contributed by atoms with van der Waals surface area (Å²) in [4.78, 5) is 38.2. The number of aliphatic carboxylic acids is 1. The number of aromatic nitrogens is 2. The van der Waals surface area contributed by atoms with E-state index in [-0.39, 0.29) is 24.0 Å². The zero-order chi connectivity index (χ0) is 24.3. The normalized spacial score (nSPS) is 19.0. The van der Waals surface area contributed by atoms with Gasteiger partial charge in [0.2, 0.25) is 5.75 Å². The number of alkyl halides is 3. The van der Waals surface area contributed by atoms with Crippen molar-refractivity contribution in [2.24, 2.45) is 5.92 Å².